The lowest BCUT2D eigenvalue weighted by Gasteiger charge is -2.24. The molecule has 0 N–H and O–H groups in total. The molecule has 4 rings (SSSR count). The van der Waals surface area contributed by atoms with Gasteiger partial charge in [0.15, 0.2) is 0 Å². The molecule has 0 aliphatic heterocycles. The molecule has 0 aliphatic carbocycles. The Morgan fingerprint density at radius 2 is 1.45 bits per heavy atom. The molecular formula is C27H21NO2S. The zero-order valence-electron chi connectivity index (χ0n) is 16.8. The van der Waals surface area contributed by atoms with Crippen molar-refractivity contribution in [1.82, 2.24) is 4.90 Å². The van der Waals surface area contributed by atoms with Gasteiger partial charge in [0.25, 0.3) is 5.91 Å². The van der Waals surface area contributed by atoms with Crippen molar-refractivity contribution in [2.75, 3.05) is 0 Å². The van der Waals surface area contributed by atoms with E-state index >= 15 is 0 Å². The number of nitrogens with zero attached hydrogens (tertiary/aromatic N) is 1. The Morgan fingerprint density at radius 3 is 2.13 bits per heavy atom. The van der Waals surface area contributed by atoms with Crippen LogP contribution in [0.25, 0.3) is 21.9 Å². The summed E-state index contributed by atoms with van der Waals surface area (Å²) >= 11 is 5.08. The molecule has 1 atom stereocenters. The molecule has 0 unspecified atom stereocenters. The van der Waals surface area contributed by atoms with Crippen molar-refractivity contribution in [1.29, 1.82) is 0 Å². The van der Waals surface area contributed by atoms with E-state index in [2.05, 4.69) is 30.3 Å². The SMILES string of the molecule is O=C[C@H](Cc1ccccc1)N(C=S)C(=O)c1ccc(-c2ccc3ccccc3c2)cc1. The third-order valence-corrected chi connectivity index (χ3v) is 5.59. The van der Waals surface area contributed by atoms with Crippen molar-refractivity contribution in [2.45, 2.75) is 12.5 Å². The number of carbonyl (C=O) groups excluding carboxylic acids is 2. The minimum Gasteiger partial charge on any atom is -0.301 e. The normalized spacial score (nSPS) is 11.6. The summed E-state index contributed by atoms with van der Waals surface area (Å²) < 4.78 is 0. The molecule has 3 nitrogen and oxygen atoms in total. The predicted molar refractivity (Wildman–Crippen MR) is 129 cm³/mol. The lowest BCUT2D eigenvalue weighted by atomic mass is 10.00. The molecule has 0 fully saturated rings. The van der Waals surface area contributed by atoms with Crippen LogP contribution in [-0.2, 0) is 11.2 Å². The van der Waals surface area contributed by atoms with E-state index in [4.69, 9.17) is 12.2 Å². The third kappa shape index (κ3) is 4.60. The molecule has 4 aromatic carbocycles. The molecule has 0 saturated heterocycles. The molecule has 0 radical (unpaired) electrons. The summed E-state index contributed by atoms with van der Waals surface area (Å²) in [6.07, 6.45) is 1.19. The second-order valence-electron chi connectivity index (χ2n) is 7.35. The van der Waals surface area contributed by atoms with Gasteiger partial charge in [0.2, 0.25) is 0 Å². The maximum absolute atomic E-state index is 13.1. The summed E-state index contributed by atoms with van der Waals surface area (Å²) in [7, 11) is 0. The van der Waals surface area contributed by atoms with Crippen LogP contribution in [0.4, 0.5) is 0 Å². The Hall–Kier alpha value is -3.63. The molecule has 152 valence electrons. The van der Waals surface area contributed by atoms with Crippen LogP contribution in [-0.4, -0.2) is 28.6 Å². The first-order chi connectivity index (χ1) is 15.2. The van der Waals surface area contributed by atoms with Crippen molar-refractivity contribution in [3.05, 3.63) is 108 Å². The Balaban J connectivity index is 1.55. The van der Waals surface area contributed by atoms with Crippen molar-refractivity contribution in [3.63, 3.8) is 0 Å². The third-order valence-electron chi connectivity index (χ3n) is 5.36. The van der Waals surface area contributed by atoms with E-state index in [1.807, 2.05) is 54.6 Å². The van der Waals surface area contributed by atoms with Crippen LogP contribution >= 0.6 is 12.2 Å². The highest BCUT2D eigenvalue weighted by molar-refractivity contribution is 7.78. The Kier molecular flexibility index (Phi) is 6.29. The number of fused-ring (bicyclic) bond motifs is 1. The fraction of sp³-hybridized carbons (Fsp3) is 0.0741. The van der Waals surface area contributed by atoms with Crippen molar-refractivity contribution in [2.24, 2.45) is 0 Å². The summed E-state index contributed by atoms with van der Waals surface area (Å²) in [6, 6.07) is 30.9. The highest BCUT2D eigenvalue weighted by Crippen LogP contribution is 2.25. The van der Waals surface area contributed by atoms with E-state index in [1.54, 1.807) is 12.1 Å². The van der Waals surface area contributed by atoms with Crippen molar-refractivity contribution in [3.8, 4) is 11.1 Å². The highest BCUT2D eigenvalue weighted by atomic mass is 32.1. The number of rotatable bonds is 7. The van der Waals surface area contributed by atoms with E-state index in [9.17, 15) is 9.59 Å². The molecule has 4 aromatic rings. The van der Waals surface area contributed by atoms with Crippen molar-refractivity contribution >= 4 is 40.7 Å². The first-order valence-corrected chi connectivity index (χ1v) is 10.5. The number of benzene rings is 4. The van der Waals surface area contributed by atoms with E-state index in [0.29, 0.717) is 12.0 Å². The van der Waals surface area contributed by atoms with Crippen LogP contribution in [0, 0.1) is 0 Å². The van der Waals surface area contributed by atoms with Gasteiger partial charge >= 0.3 is 0 Å². The first-order valence-electron chi connectivity index (χ1n) is 10.1. The van der Waals surface area contributed by atoms with Gasteiger partial charge in [-0.15, -0.1) is 0 Å². The largest absolute Gasteiger partial charge is 0.301 e. The zero-order chi connectivity index (χ0) is 21.6. The van der Waals surface area contributed by atoms with Gasteiger partial charge in [0.05, 0.1) is 11.5 Å². The summed E-state index contributed by atoms with van der Waals surface area (Å²) in [4.78, 5) is 26.1. The number of amides is 1. The first kappa shape index (κ1) is 20.6. The van der Waals surface area contributed by atoms with Crippen molar-refractivity contribution < 1.29 is 9.59 Å². The Bertz CT molecular complexity index is 1220. The fourth-order valence-electron chi connectivity index (χ4n) is 3.67. The molecule has 4 heteroatoms. The van der Waals surface area contributed by atoms with Crippen LogP contribution in [0.2, 0.25) is 0 Å². The molecule has 0 saturated carbocycles. The van der Waals surface area contributed by atoms with Gasteiger partial charge < -0.3 is 4.79 Å². The average Bonchev–Trinajstić information content (AvgIpc) is 2.84. The van der Waals surface area contributed by atoms with Gasteiger partial charge in [-0.05, 0) is 45.7 Å². The maximum atomic E-state index is 13.1. The van der Waals surface area contributed by atoms with E-state index in [1.165, 1.54) is 21.2 Å². The minimum atomic E-state index is -0.646. The van der Waals surface area contributed by atoms with Crippen LogP contribution in [0.15, 0.2) is 97.1 Å². The van der Waals surface area contributed by atoms with E-state index < -0.39 is 6.04 Å². The topological polar surface area (TPSA) is 37.4 Å². The number of aldehydes is 1. The molecule has 0 heterocycles. The van der Waals surface area contributed by atoms with E-state index in [0.717, 1.165) is 23.0 Å². The second-order valence-corrected chi connectivity index (χ2v) is 7.56. The number of carbonyl (C=O) groups is 2. The quantitative estimate of drug-likeness (QED) is 0.282. The van der Waals surface area contributed by atoms with Gasteiger partial charge in [0, 0.05) is 12.0 Å². The van der Waals surface area contributed by atoms with Crippen LogP contribution in [0.1, 0.15) is 15.9 Å². The van der Waals surface area contributed by atoms with Crippen LogP contribution in [0.5, 0.6) is 0 Å². The Morgan fingerprint density at radius 1 is 0.806 bits per heavy atom. The molecule has 0 bridgehead atoms. The predicted octanol–water partition coefficient (Wildman–Crippen LogP) is 5.72. The molecule has 1 amide bonds. The van der Waals surface area contributed by atoms with Gasteiger partial charge in [-0.1, -0.05) is 91.1 Å². The monoisotopic (exact) mass is 423 g/mol. The molecule has 0 spiro atoms. The van der Waals surface area contributed by atoms with E-state index in [-0.39, 0.29) is 5.91 Å². The number of hydrogen-bond donors (Lipinski definition) is 0. The van der Waals surface area contributed by atoms with Gasteiger partial charge in [-0.25, -0.2) is 0 Å². The van der Waals surface area contributed by atoms with Gasteiger partial charge in [-0.3, -0.25) is 9.69 Å². The Labute approximate surface area is 186 Å². The van der Waals surface area contributed by atoms with Gasteiger partial charge in [0.1, 0.15) is 6.29 Å². The smallest absolute Gasteiger partial charge is 0.259 e. The summed E-state index contributed by atoms with van der Waals surface area (Å²) in [5.41, 5.74) is 4.83. The molecule has 0 aromatic heterocycles. The summed E-state index contributed by atoms with van der Waals surface area (Å²) in [6.45, 7) is 0. The summed E-state index contributed by atoms with van der Waals surface area (Å²) in [5, 5.41) is 2.36. The van der Waals surface area contributed by atoms with Crippen LogP contribution < -0.4 is 0 Å². The number of thiocarbonyl (C=S) groups is 1. The number of hydrogen-bond acceptors (Lipinski definition) is 3. The fourth-order valence-corrected chi connectivity index (χ4v) is 3.92. The second kappa shape index (κ2) is 9.45. The lowest BCUT2D eigenvalue weighted by Crippen LogP contribution is -2.41. The highest BCUT2D eigenvalue weighted by Gasteiger charge is 2.23. The minimum absolute atomic E-state index is 0.284. The standard InChI is InChI=1S/C27H21NO2S/c29-18-26(16-20-6-2-1-3-7-20)28(19-31)27(30)23-13-10-22(11-14-23)25-15-12-21-8-4-5-9-24(21)17-25/h1-15,17-19,26H,16H2/t26-/m0/s1. The van der Waals surface area contributed by atoms with Crippen LogP contribution in [0.3, 0.4) is 0 Å². The maximum Gasteiger partial charge on any atom is 0.259 e. The van der Waals surface area contributed by atoms with Gasteiger partial charge in [-0.2, -0.15) is 0 Å². The summed E-state index contributed by atoms with van der Waals surface area (Å²) in [5.74, 6) is -0.284. The molecule has 0 aliphatic rings. The zero-order valence-corrected chi connectivity index (χ0v) is 17.7. The molecule has 31 heavy (non-hydrogen) atoms. The average molecular weight is 424 g/mol. The lowest BCUT2D eigenvalue weighted by molar-refractivity contribution is -0.110. The molecular weight excluding hydrogens is 402 g/mol.